The van der Waals surface area contributed by atoms with Gasteiger partial charge in [0.25, 0.3) is 5.88 Å². The lowest BCUT2D eigenvalue weighted by atomic mass is 9.99. The van der Waals surface area contributed by atoms with Crippen LogP contribution in [0.3, 0.4) is 0 Å². The van der Waals surface area contributed by atoms with Crippen LogP contribution in [0.25, 0.3) is 0 Å². The molecule has 0 fully saturated rings. The number of hydrogen-bond donors (Lipinski definition) is 0. The van der Waals surface area contributed by atoms with Gasteiger partial charge in [-0.05, 0) is 43.9 Å². The highest BCUT2D eigenvalue weighted by Crippen LogP contribution is 2.28. The molecule has 0 spiro atoms. The molecule has 2 aromatic rings. The van der Waals surface area contributed by atoms with Crippen LogP contribution >= 0.6 is 11.6 Å². The Hall–Kier alpha value is -1.61. The summed E-state index contributed by atoms with van der Waals surface area (Å²) in [5.41, 5.74) is 2.94. The quantitative estimate of drug-likeness (QED) is 0.790. The molecule has 3 nitrogen and oxygen atoms in total. The second kappa shape index (κ2) is 6.23. The van der Waals surface area contributed by atoms with E-state index in [4.69, 9.17) is 16.3 Å². The van der Waals surface area contributed by atoms with Crippen molar-refractivity contribution in [3.63, 3.8) is 0 Å². The van der Waals surface area contributed by atoms with Gasteiger partial charge in [-0.25, -0.2) is 9.97 Å². The highest BCUT2D eigenvalue weighted by Gasteiger charge is 2.10. The molecule has 0 N–H and O–H groups in total. The molecule has 0 aliphatic heterocycles. The van der Waals surface area contributed by atoms with Crippen molar-refractivity contribution in [2.75, 3.05) is 0 Å². The van der Waals surface area contributed by atoms with Crippen LogP contribution in [-0.4, -0.2) is 9.97 Å². The van der Waals surface area contributed by atoms with Gasteiger partial charge in [0.15, 0.2) is 5.15 Å². The van der Waals surface area contributed by atoms with Crippen molar-refractivity contribution in [2.45, 2.75) is 40.0 Å². The lowest BCUT2D eigenvalue weighted by Crippen LogP contribution is -1.97. The van der Waals surface area contributed by atoms with E-state index in [1.807, 2.05) is 26.0 Å². The third-order valence-corrected chi connectivity index (χ3v) is 3.76. The van der Waals surface area contributed by atoms with Crippen LogP contribution in [-0.2, 0) is 0 Å². The van der Waals surface area contributed by atoms with Crippen molar-refractivity contribution in [1.29, 1.82) is 0 Å². The maximum Gasteiger partial charge on any atom is 0.257 e. The van der Waals surface area contributed by atoms with Gasteiger partial charge in [0.2, 0.25) is 0 Å². The zero-order valence-corrected chi connectivity index (χ0v) is 13.0. The SMILES string of the molecule is CCC(C)c1ccc(Oc2nc(C)c(C)nc2Cl)cc1. The van der Waals surface area contributed by atoms with E-state index in [9.17, 15) is 0 Å². The Kier molecular flexibility index (Phi) is 4.61. The van der Waals surface area contributed by atoms with E-state index in [0.29, 0.717) is 17.0 Å². The van der Waals surface area contributed by atoms with Gasteiger partial charge >= 0.3 is 0 Å². The molecule has 4 heteroatoms. The minimum Gasteiger partial charge on any atom is -0.436 e. The summed E-state index contributed by atoms with van der Waals surface area (Å²) in [6, 6.07) is 8.03. The van der Waals surface area contributed by atoms with Crippen molar-refractivity contribution in [3.05, 3.63) is 46.4 Å². The van der Waals surface area contributed by atoms with E-state index in [2.05, 4.69) is 35.9 Å². The van der Waals surface area contributed by atoms with Crippen molar-refractivity contribution in [2.24, 2.45) is 0 Å². The van der Waals surface area contributed by atoms with Crippen LogP contribution in [0.4, 0.5) is 0 Å². The Morgan fingerprint density at radius 1 is 1.10 bits per heavy atom. The molecule has 0 bridgehead atoms. The molecule has 0 aliphatic rings. The van der Waals surface area contributed by atoms with Crippen molar-refractivity contribution in [3.8, 4) is 11.6 Å². The van der Waals surface area contributed by atoms with E-state index >= 15 is 0 Å². The van der Waals surface area contributed by atoms with E-state index < -0.39 is 0 Å². The molecule has 0 radical (unpaired) electrons. The predicted molar refractivity (Wildman–Crippen MR) is 81.7 cm³/mol. The zero-order chi connectivity index (χ0) is 14.7. The van der Waals surface area contributed by atoms with Gasteiger partial charge in [-0.1, -0.05) is 37.6 Å². The van der Waals surface area contributed by atoms with Gasteiger partial charge in [-0.3, -0.25) is 0 Å². The molecule has 1 aromatic heterocycles. The number of nitrogens with zero attached hydrogens (tertiary/aromatic N) is 2. The van der Waals surface area contributed by atoms with E-state index in [1.54, 1.807) is 0 Å². The fourth-order valence-corrected chi connectivity index (χ4v) is 2.04. The smallest absolute Gasteiger partial charge is 0.257 e. The third-order valence-electron chi connectivity index (χ3n) is 3.51. The van der Waals surface area contributed by atoms with Crippen LogP contribution in [0.5, 0.6) is 11.6 Å². The number of benzene rings is 1. The number of halogens is 1. The van der Waals surface area contributed by atoms with Gasteiger partial charge in [0.05, 0.1) is 11.4 Å². The Bertz CT molecular complexity index is 596. The maximum atomic E-state index is 6.06. The highest BCUT2D eigenvalue weighted by atomic mass is 35.5. The van der Waals surface area contributed by atoms with Crippen LogP contribution in [0.15, 0.2) is 24.3 Å². The number of aromatic nitrogens is 2. The molecule has 1 atom stereocenters. The summed E-state index contributed by atoms with van der Waals surface area (Å²) < 4.78 is 5.71. The average Bonchev–Trinajstić information content (AvgIpc) is 2.44. The summed E-state index contributed by atoms with van der Waals surface area (Å²) in [7, 11) is 0. The molecule has 0 aliphatic carbocycles. The van der Waals surface area contributed by atoms with Crippen LogP contribution in [0.2, 0.25) is 5.15 Å². The minimum absolute atomic E-state index is 0.291. The van der Waals surface area contributed by atoms with Gasteiger partial charge in [0, 0.05) is 0 Å². The molecule has 1 unspecified atom stereocenters. The summed E-state index contributed by atoms with van der Waals surface area (Å²) in [4.78, 5) is 8.53. The van der Waals surface area contributed by atoms with Gasteiger partial charge in [-0.15, -0.1) is 0 Å². The molecule has 1 heterocycles. The van der Waals surface area contributed by atoms with Crippen molar-refractivity contribution < 1.29 is 4.74 Å². The summed E-state index contributed by atoms with van der Waals surface area (Å²) in [6.07, 6.45) is 1.12. The minimum atomic E-state index is 0.291. The largest absolute Gasteiger partial charge is 0.436 e. The second-order valence-electron chi connectivity index (χ2n) is 4.97. The van der Waals surface area contributed by atoms with Crippen LogP contribution in [0, 0.1) is 13.8 Å². The first-order valence-corrected chi connectivity index (χ1v) is 7.17. The Morgan fingerprint density at radius 3 is 2.30 bits per heavy atom. The van der Waals surface area contributed by atoms with Crippen LogP contribution in [0.1, 0.15) is 43.1 Å². The Labute approximate surface area is 125 Å². The number of ether oxygens (including phenoxy) is 1. The first-order valence-electron chi connectivity index (χ1n) is 6.79. The summed E-state index contributed by atoms with van der Waals surface area (Å²) in [6.45, 7) is 8.15. The van der Waals surface area contributed by atoms with E-state index in [0.717, 1.165) is 23.6 Å². The number of aryl methyl sites for hydroxylation is 2. The highest BCUT2D eigenvalue weighted by molar-refractivity contribution is 6.30. The fraction of sp³-hybridized carbons (Fsp3) is 0.375. The Balaban J connectivity index is 2.20. The predicted octanol–water partition coefficient (Wildman–Crippen LogP) is 5.05. The molecular weight excluding hydrogens is 272 g/mol. The number of hydrogen-bond acceptors (Lipinski definition) is 3. The molecule has 2 rings (SSSR count). The molecular formula is C16H19ClN2O. The summed E-state index contributed by atoms with van der Waals surface area (Å²) >= 11 is 6.06. The first-order chi connectivity index (χ1) is 9.51. The molecule has 0 saturated heterocycles. The van der Waals surface area contributed by atoms with Crippen molar-refractivity contribution in [1.82, 2.24) is 9.97 Å². The third kappa shape index (κ3) is 3.28. The lowest BCUT2D eigenvalue weighted by Gasteiger charge is -2.11. The summed E-state index contributed by atoms with van der Waals surface area (Å²) in [5.74, 6) is 1.62. The van der Waals surface area contributed by atoms with Gasteiger partial charge < -0.3 is 4.74 Å². The standard InChI is InChI=1S/C16H19ClN2O/c1-5-10(2)13-6-8-14(9-7-13)20-16-15(17)18-11(3)12(4)19-16/h6-10H,5H2,1-4H3. The van der Waals surface area contributed by atoms with E-state index in [-0.39, 0.29) is 0 Å². The average molecular weight is 291 g/mol. The fourth-order valence-electron chi connectivity index (χ4n) is 1.83. The molecule has 106 valence electrons. The van der Waals surface area contributed by atoms with Crippen molar-refractivity contribution >= 4 is 11.6 Å². The van der Waals surface area contributed by atoms with Gasteiger partial charge in [-0.2, -0.15) is 0 Å². The summed E-state index contributed by atoms with van der Waals surface area (Å²) in [5, 5.41) is 0.291. The molecule has 1 aromatic carbocycles. The number of rotatable bonds is 4. The van der Waals surface area contributed by atoms with Gasteiger partial charge in [0.1, 0.15) is 5.75 Å². The van der Waals surface area contributed by atoms with E-state index in [1.165, 1.54) is 5.56 Å². The monoisotopic (exact) mass is 290 g/mol. The maximum absolute atomic E-state index is 6.06. The molecule has 0 amide bonds. The second-order valence-corrected chi connectivity index (χ2v) is 5.33. The topological polar surface area (TPSA) is 35.0 Å². The zero-order valence-electron chi connectivity index (χ0n) is 12.3. The lowest BCUT2D eigenvalue weighted by molar-refractivity contribution is 0.458. The molecule has 20 heavy (non-hydrogen) atoms. The first kappa shape index (κ1) is 14.8. The molecule has 0 saturated carbocycles. The van der Waals surface area contributed by atoms with Crippen LogP contribution < -0.4 is 4.74 Å². The normalized spacial score (nSPS) is 12.2. The Morgan fingerprint density at radius 2 is 1.70 bits per heavy atom.